The Kier molecular flexibility index (Phi) is 4.92. The smallest absolute Gasteiger partial charge is 0.492 e. The zero-order valence-corrected chi connectivity index (χ0v) is 12.0. The molecule has 0 atom stereocenters. The lowest BCUT2D eigenvalue weighted by molar-refractivity contribution is -0.274. The first kappa shape index (κ1) is 16.2. The zero-order valence-electron chi connectivity index (χ0n) is 12.0. The van der Waals surface area contributed by atoms with Crippen molar-refractivity contribution in [1.29, 1.82) is 0 Å². The number of alkyl halides is 3. The maximum atomic E-state index is 12.6. The van der Waals surface area contributed by atoms with Crippen LogP contribution < -0.4 is 15.2 Å². The molecule has 2 aromatic rings. The first-order valence-corrected chi connectivity index (χ1v) is 6.69. The monoisotopic (exact) mass is 311 g/mol. The van der Waals surface area contributed by atoms with Crippen LogP contribution in [0.25, 0.3) is 11.1 Å². The van der Waals surface area contributed by atoms with Crippen molar-refractivity contribution in [3.63, 3.8) is 0 Å². The van der Waals surface area contributed by atoms with E-state index >= 15 is 0 Å². The van der Waals surface area contributed by atoms with E-state index in [9.17, 15) is 13.2 Å². The Morgan fingerprint density at radius 2 is 1.77 bits per heavy atom. The average Bonchev–Trinajstić information content (AvgIpc) is 2.44. The third kappa shape index (κ3) is 4.14. The fourth-order valence-electron chi connectivity index (χ4n) is 2.08. The largest absolute Gasteiger partial charge is 0.573 e. The molecule has 0 amide bonds. The molecule has 2 N–H and O–H groups in total. The molecule has 0 bridgehead atoms. The Balaban J connectivity index is 2.46. The molecule has 0 fully saturated rings. The summed E-state index contributed by atoms with van der Waals surface area (Å²) in [6.07, 6.45) is -4.77. The van der Waals surface area contributed by atoms with E-state index in [1.54, 1.807) is 24.3 Å². The lowest BCUT2D eigenvalue weighted by atomic mass is 10.00. The van der Waals surface area contributed by atoms with Gasteiger partial charge in [-0.25, -0.2) is 0 Å². The van der Waals surface area contributed by atoms with Gasteiger partial charge >= 0.3 is 6.36 Å². The van der Waals surface area contributed by atoms with Crippen LogP contribution in [0.4, 0.5) is 13.2 Å². The van der Waals surface area contributed by atoms with E-state index in [-0.39, 0.29) is 24.7 Å². The van der Waals surface area contributed by atoms with Crippen LogP contribution in [-0.4, -0.2) is 19.5 Å². The van der Waals surface area contributed by atoms with Crippen LogP contribution in [0.2, 0.25) is 0 Å². The molecular weight excluding hydrogens is 295 g/mol. The Morgan fingerprint density at radius 3 is 2.41 bits per heavy atom. The molecule has 2 aromatic carbocycles. The number of rotatable bonds is 5. The highest BCUT2D eigenvalue weighted by Gasteiger charge is 2.32. The summed E-state index contributed by atoms with van der Waals surface area (Å²) in [5.74, 6) is -0.0154. The predicted octanol–water partition coefficient (Wildman–Crippen LogP) is 3.90. The maximum absolute atomic E-state index is 12.6. The number of benzene rings is 2. The molecule has 0 spiro atoms. The molecule has 118 valence electrons. The van der Waals surface area contributed by atoms with Crippen LogP contribution in [0, 0.1) is 6.92 Å². The summed E-state index contributed by atoms with van der Waals surface area (Å²) in [6, 6.07) is 11.5. The maximum Gasteiger partial charge on any atom is 0.573 e. The summed E-state index contributed by atoms with van der Waals surface area (Å²) < 4.78 is 47.3. The van der Waals surface area contributed by atoms with E-state index in [1.807, 2.05) is 19.1 Å². The third-order valence-corrected chi connectivity index (χ3v) is 3.00. The summed E-state index contributed by atoms with van der Waals surface area (Å²) in [6.45, 7) is 2.32. The second kappa shape index (κ2) is 6.70. The Bertz CT molecular complexity index is 642. The van der Waals surface area contributed by atoms with Gasteiger partial charge in [-0.1, -0.05) is 24.3 Å². The molecule has 3 nitrogen and oxygen atoms in total. The van der Waals surface area contributed by atoms with Gasteiger partial charge in [0, 0.05) is 18.2 Å². The minimum absolute atomic E-state index is 0.217. The molecule has 0 heterocycles. The fraction of sp³-hybridized carbons (Fsp3) is 0.250. The van der Waals surface area contributed by atoms with Crippen LogP contribution in [0.5, 0.6) is 11.5 Å². The van der Waals surface area contributed by atoms with Crippen molar-refractivity contribution in [3.8, 4) is 22.6 Å². The summed E-state index contributed by atoms with van der Waals surface area (Å²) >= 11 is 0. The SMILES string of the molecule is Cc1ccccc1-c1ccc(OCCN)cc1OC(F)(F)F. The standard InChI is InChI=1S/C16H16F3NO2/c1-11-4-2-3-5-13(11)14-7-6-12(21-9-8-20)10-15(14)22-16(17,18)19/h2-7,10H,8-9,20H2,1H3. The number of hydrogen-bond acceptors (Lipinski definition) is 3. The molecule has 2 rings (SSSR count). The predicted molar refractivity (Wildman–Crippen MR) is 77.8 cm³/mol. The molecule has 0 unspecified atom stereocenters. The van der Waals surface area contributed by atoms with Gasteiger partial charge < -0.3 is 15.2 Å². The number of ether oxygens (including phenoxy) is 2. The summed E-state index contributed by atoms with van der Waals surface area (Å²) in [5, 5.41) is 0. The van der Waals surface area contributed by atoms with Crippen molar-refractivity contribution in [2.75, 3.05) is 13.2 Å². The first-order valence-electron chi connectivity index (χ1n) is 6.69. The minimum atomic E-state index is -4.77. The van der Waals surface area contributed by atoms with Gasteiger partial charge in [0.2, 0.25) is 0 Å². The van der Waals surface area contributed by atoms with Crippen LogP contribution in [-0.2, 0) is 0 Å². The topological polar surface area (TPSA) is 44.5 Å². The highest BCUT2D eigenvalue weighted by molar-refractivity contribution is 5.74. The van der Waals surface area contributed by atoms with Crippen molar-refractivity contribution < 1.29 is 22.6 Å². The lowest BCUT2D eigenvalue weighted by Crippen LogP contribution is -2.18. The normalized spacial score (nSPS) is 11.3. The minimum Gasteiger partial charge on any atom is -0.492 e. The molecule has 0 aliphatic heterocycles. The van der Waals surface area contributed by atoms with E-state index in [0.29, 0.717) is 11.1 Å². The van der Waals surface area contributed by atoms with Gasteiger partial charge in [0.1, 0.15) is 18.1 Å². The molecule has 0 radical (unpaired) electrons. The quantitative estimate of drug-likeness (QED) is 0.911. The van der Waals surface area contributed by atoms with Crippen molar-refractivity contribution in [3.05, 3.63) is 48.0 Å². The Morgan fingerprint density at radius 1 is 1.05 bits per heavy atom. The van der Waals surface area contributed by atoms with Crippen LogP contribution in [0.1, 0.15) is 5.56 Å². The molecule has 22 heavy (non-hydrogen) atoms. The highest BCUT2D eigenvalue weighted by atomic mass is 19.4. The second-order valence-electron chi connectivity index (χ2n) is 4.66. The van der Waals surface area contributed by atoms with E-state index in [4.69, 9.17) is 10.5 Å². The summed E-state index contributed by atoms with van der Waals surface area (Å²) in [5.41, 5.74) is 7.20. The van der Waals surface area contributed by atoms with Gasteiger partial charge in [-0.3, -0.25) is 0 Å². The van der Waals surface area contributed by atoms with Gasteiger partial charge in [-0.15, -0.1) is 13.2 Å². The number of nitrogens with two attached hydrogens (primary N) is 1. The van der Waals surface area contributed by atoms with Gasteiger partial charge in [-0.2, -0.15) is 0 Å². The lowest BCUT2D eigenvalue weighted by Gasteiger charge is -2.16. The van der Waals surface area contributed by atoms with Crippen LogP contribution >= 0.6 is 0 Å². The average molecular weight is 311 g/mol. The molecule has 0 aliphatic carbocycles. The van der Waals surface area contributed by atoms with Gasteiger partial charge in [0.15, 0.2) is 0 Å². The fourth-order valence-corrected chi connectivity index (χ4v) is 2.08. The number of aryl methyl sites for hydroxylation is 1. The highest BCUT2D eigenvalue weighted by Crippen LogP contribution is 2.37. The van der Waals surface area contributed by atoms with Gasteiger partial charge in [0.25, 0.3) is 0 Å². The molecule has 0 saturated heterocycles. The number of hydrogen-bond donors (Lipinski definition) is 1. The summed E-state index contributed by atoms with van der Waals surface area (Å²) in [7, 11) is 0. The van der Waals surface area contributed by atoms with E-state index < -0.39 is 6.36 Å². The van der Waals surface area contributed by atoms with Crippen molar-refractivity contribution in [1.82, 2.24) is 0 Å². The van der Waals surface area contributed by atoms with Crippen molar-refractivity contribution in [2.24, 2.45) is 5.73 Å². The van der Waals surface area contributed by atoms with Crippen molar-refractivity contribution >= 4 is 0 Å². The first-order chi connectivity index (χ1) is 10.4. The third-order valence-electron chi connectivity index (χ3n) is 3.00. The van der Waals surface area contributed by atoms with Crippen molar-refractivity contribution in [2.45, 2.75) is 13.3 Å². The number of halogens is 3. The summed E-state index contributed by atoms with van der Waals surface area (Å²) in [4.78, 5) is 0. The molecule has 0 aromatic heterocycles. The molecule has 0 saturated carbocycles. The zero-order chi connectivity index (χ0) is 16.2. The van der Waals surface area contributed by atoms with E-state index in [2.05, 4.69) is 4.74 Å². The van der Waals surface area contributed by atoms with E-state index in [0.717, 1.165) is 5.56 Å². The molecule has 0 aliphatic rings. The van der Waals surface area contributed by atoms with Crippen LogP contribution in [0.15, 0.2) is 42.5 Å². The Labute approximate surface area is 126 Å². The van der Waals surface area contributed by atoms with Gasteiger partial charge in [-0.05, 0) is 30.2 Å². The molecule has 6 heteroatoms. The van der Waals surface area contributed by atoms with Crippen LogP contribution in [0.3, 0.4) is 0 Å². The Hall–Kier alpha value is -2.21. The molecular formula is C16H16F3NO2. The second-order valence-corrected chi connectivity index (χ2v) is 4.66. The van der Waals surface area contributed by atoms with Gasteiger partial charge in [0.05, 0.1) is 0 Å². The van der Waals surface area contributed by atoms with E-state index in [1.165, 1.54) is 6.07 Å².